The maximum atomic E-state index is 11.4. The van der Waals surface area contributed by atoms with E-state index in [4.69, 9.17) is 17.4 Å². The zero-order valence-electron chi connectivity index (χ0n) is 7.37. The fourth-order valence-electron chi connectivity index (χ4n) is 1.26. The Kier molecular flexibility index (Phi) is 2.64. The van der Waals surface area contributed by atoms with Gasteiger partial charge in [-0.25, -0.2) is 10.8 Å². The number of halogens is 2. The lowest BCUT2D eigenvalue weighted by Gasteiger charge is -2.01. The van der Waals surface area contributed by atoms with Gasteiger partial charge in [0.2, 0.25) is 0 Å². The van der Waals surface area contributed by atoms with E-state index >= 15 is 0 Å². The second kappa shape index (κ2) is 3.80. The van der Waals surface area contributed by atoms with E-state index in [0.717, 1.165) is 4.47 Å². The van der Waals surface area contributed by atoms with Crippen molar-refractivity contribution in [3.05, 3.63) is 33.6 Å². The molecular formula is C8H6BrClN4O. The predicted octanol–water partition coefficient (Wildman–Crippen LogP) is 1.35. The van der Waals surface area contributed by atoms with Gasteiger partial charge in [-0.15, -0.1) is 0 Å². The molecule has 2 rings (SSSR count). The minimum atomic E-state index is -0.420. The third-order valence-electron chi connectivity index (χ3n) is 1.89. The highest BCUT2D eigenvalue weighted by Crippen LogP contribution is 2.22. The van der Waals surface area contributed by atoms with Crippen LogP contribution in [0.25, 0.3) is 5.65 Å². The van der Waals surface area contributed by atoms with E-state index in [9.17, 15) is 4.79 Å². The van der Waals surface area contributed by atoms with Gasteiger partial charge in [0.1, 0.15) is 5.69 Å². The van der Waals surface area contributed by atoms with Gasteiger partial charge < -0.3 is 0 Å². The summed E-state index contributed by atoms with van der Waals surface area (Å²) in [5, 5.41) is 0.459. The number of hydrazine groups is 1. The van der Waals surface area contributed by atoms with Gasteiger partial charge in [0.05, 0.1) is 11.2 Å². The molecule has 0 unspecified atom stereocenters. The van der Waals surface area contributed by atoms with Crippen LogP contribution in [-0.4, -0.2) is 15.3 Å². The van der Waals surface area contributed by atoms with Gasteiger partial charge in [0.15, 0.2) is 5.65 Å². The molecule has 0 aromatic carbocycles. The van der Waals surface area contributed by atoms with E-state index in [1.807, 2.05) is 5.43 Å². The molecule has 78 valence electrons. The lowest BCUT2D eigenvalue weighted by molar-refractivity contribution is 0.0948. The number of fused-ring (bicyclic) bond motifs is 1. The Hall–Kier alpha value is -1.11. The standard InChI is InChI=1S/C8H6BrClN4O/c9-4-1-5(10)7-12-2-6(8(15)13-11)14(7)3-4/h1-3H,11H2,(H,13,15). The Morgan fingerprint density at radius 3 is 3.07 bits per heavy atom. The highest BCUT2D eigenvalue weighted by Gasteiger charge is 2.12. The van der Waals surface area contributed by atoms with E-state index in [0.29, 0.717) is 16.4 Å². The van der Waals surface area contributed by atoms with Gasteiger partial charge in [-0.05, 0) is 22.0 Å². The SMILES string of the molecule is NNC(=O)c1cnc2c(Cl)cc(Br)cn12. The van der Waals surface area contributed by atoms with E-state index in [1.165, 1.54) is 6.20 Å². The zero-order chi connectivity index (χ0) is 11.0. The van der Waals surface area contributed by atoms with Gasteiger partial charge in [-0.3, -0.25) is 14.6 Å². The van der Waals surface area contributed by atoms with Crippen molar-refractivity contribution < 1.29 is 4.79 Å². The van der Waals surface area contributed by atoms with Crippen molar-refractivity contribution in [3.8, 4) is 0 Å². The highest BCUT2D eigenvalue weighted by atomic mass is 79.9. The summed E-state index contributed by atoms with van der Waals surface area (Å²) in [6.07, 6.45) is 3.11. The molecule has 0 bridgehead atoms. The van der Waals surface area contributed by atoms with Crippen LogP contribution in [0, 0.1) is 0 Å². The monoisotopic (exact) mass is 288 g/mol. The number of rotatable bonds is 1. The molecule has 2 heterocycles. The maximum absolute atomic E-state index is 11.4. The van der Waals surface area contributed by atoms with E-state index < -0.39 is 5.91 Å². The van der Waals surface area contributed by atoms with Crippen molar-refractivity contribution in [2.45, 2.75) is 0 Å². The van der Waals surface area contributed by atoms with Crippen molar-refractivity contribution in [2.24, 2.45) is 5.84 Å². The van der Waals surface area contributed by atoms with E-state index in [-0.39, 0.29) is 0 Å². The molecule has 2 aromatic heterocycles. The number of aromatic nitrogens is 2. The van der Waals surface area contributed by atoms with Crippen LogP contribution in [0.2, 0.25) is 5.02 Å². The first-order valence-electron chi connectivity index (χ1n) is 3.96. The number of carbonyl (C=O) groups is 1. The number of nitrogen functional groups attached to an aromatic ring is 1. The molecule has 0 saturated heterocycles. The molecular weight excluding hydrogens is 283 g/mol. The quantitative estimate of drug-likeness (QED) is 0.473. The summed E-state index contributed by atoms with van der Waals surface area (Å²) < 4.78 is 2.32. The molecule has 0 radical (unpaired) electrons. The minimum Gasteiger partial charge on any atom is -0.293 e. The van der Waals surface area contributed by atoms with Crippen molar-refractivity contribution in [2.75, 3.05) is 0 Å². The first-order chi connectivity index (χ1) is 7.13. The Morgan fingerprint density at radius 2 is 2.40 bits per heavy atom. The van der Waals surface area contributed by atoms with Crippen LogP contribution in [0.15, 0.2) is 22.9 Å². The van der Waals surface area contributed by atoms with Crippen LogP contribution >= 0.6 is 27.5 Å². The Labute approximate surface area is 98.3 Å². The van der Waals surface area contributed by atoms with Crippen molar-refractivity contribution in [3.63, 3.8) is 0 Å². The summed E-state index contributed by atoms with van der Waals surface area (Å²) in [6.45, 7) is 0. The van der Waals surface area contributed by atoms with Crippen LogP contribution in [0.5, 0.6) is 0 Å². The third-order valence-corrected chi connectivity index (χ3v) is 2.60. The lowest BCUT2D eigenvalue weighted by Crippen LogP contribution is -2.30. The fourth-order valence-corrected chi connectivity index (χ4v) is 2.08. The molecule has 7 heteroatoms. The Morgan fingerprint density at radius 1 is 1.67 bits per heavy atom. The van der Waals surface area contributed by atoms with Gasteiger partial charge in [-0.1, -0.05) is 11.6 Å². The molecule has 0 spiro atoms. The summed E-state index contributed by atoms with van der Waals surface area (Å²) in [5.41, 5.74) is 2.88. The molecule has 1 amide bonds. The molecule has 0 aliphatic rings. The first kappa shape index (κ1) is 10.4. The minimum absolute atomic E-state index is 0.329. The number of carbonyl (C=O) groups excluding carboxylic acids is 1. The lowest BCUT2D eigenvalue weighted by atomic mass is 10.4. The fraction of sp³-hybridized carbons (Fsp3) is 0. The topological polar surface area (TPSA) is 72.4 Å². The molecule has 0 fully saturated rings. The number of imidazole rings is 1. The Bertz CT molecular complexity index is 539. The molecule has 3 N–H and O–H groups in total. The zero-order valence-corrected chi connectivity index (χ0v) is 9.71. The summed E-state index contributed by atoms with van der Waals surface area (Å²) in [5.74, 6) is 4.63. The van der Waals surface area contributed by atoms with E-state index in [1.54, 1.807) is 16.7 Å². The average Bonchev–Trinajstić information content (AvgIpc) is 2.60. The predicted molar refractivity (Wildman–Crippen MR) is 59.6 cm³/mol. The van der Waals surface area contributed by atoms with Gasteiger partial charge in [0, 0.05) is 10.7 Å². The molecule has 2 aromatic rings. The molecule has 0 aliphatic carbocycles. The smallest absolute Gasteiger partial charge is 0.283 e. The van der Waals surface area contributed by atoms with Crippen LogP contribution in [-0.2, 0) is 0 Å². The summed E-state index contributed by atoms with van der Waals surface area (Å²) >= 11 is 9.22. The summed E-state index contributed by atoms with van der Waals surface area (Å²) in [6, 6.07) is 1.70. The van der Waals surface area contributed by atoms with Gasteiger partial charge in [0.25, 0.3) is 5.91 Å². The number of nitrogens with two attached hydrogens (primary N) is 1. The number of pyridine rings is 1. The first-order valence-corrected chi connectivity index (χ1v) is 5.13. The number of nitrogens with one attached hydrogen (secondary N) is 1. The van der Waals surface area contributed by atoms with Crippen LogP contribution in [0.1, 0.15) is 10.5 Å². The number of amides is 1. The molecule has 15 heavy (non-hydrogen) atoms. The number of hydrogen-bond donors (Lipinski definition) is 2. The van der Waals surface area contributed by atoms with Crippen LogP contribution < -0.4 is 11.3 Å². The third kappa shape index (κ3) is 1.71. The van der Waals surface area contributed by atoms with E-state index in [2.05, 4.69) is 20.9 Å². The largest absolute Gasteiger partial charge is 0.293 e. The Balaban J connectivity index is 2.74. The number of nitrogens with zero attached hydrogens (tertiary/aromatic N) is 2. The van der Waals surface area contributed by atoms with Gasteiger partial charge in [-0.2, -0.15) is 0 Å². The van der Waals surface area contributed by atoms with Crippen LogP contribution in [0.4, 0.5) is 0 Å². The molecule has 5 nitrogen and oxygen atoms in total. The normalized spacial score (nSPS) is 10.6. The average molecular weight is 290 g/mol. The molecule has 0 atom stereocenters. The summed E-state index contributed by atoms with van der Waals surface area (Å²) in [4.78, 5) is 15.4. The summed E-state index contributed by atoms with van der Waals surface area (Å²) in [7, 11) is 0. The second-order valence-electron chi connectivity index (χ2n) is 2.82. The second-order valence-corrected chi connectivity index (χ2v) is 4.14. The van der Waals surface area contributed by atoms with Crippen molar-refractivity contribution in [1.29, 1.82) is 0 Å². The maximum Gasteiger partial charge on any atom is 0.283 e. The molecule has 0 aliphatic heterocycles. The number of hydrogen-bond acceptors (Lipinski definition) is 3. The molecule has 0 saturated carbocycles. The highest BCUT2D eigenvalue weighted by molar-refractivity contribution is 9.10. The van der Waals surface area contributed by atoms with Crippen molar-refractivity contribution >= 4 is 39.1 Å². The van der Waals surface area contributed by atoms with Gasteiger partial charge >= 0.3 is 0 Å². The van der Waals surface area contributed by atoms with Crippen molar-refractivity contribution in [1.82, 2.24) is 14.8 Å². The van der Waals surface area contributed by atoms with Crippen LogP contribution in [0.3, 0.4) is 0 Å².